The van der Waals surface area contributed by atoms with Gasteiger partial charge < -0.3 is 14.8 Å². The molecule has 1 saturated heterocycles. The van der Waals surface area contributed by atoms with Crippen LogP contribution in [0.4, 0.5) is 16.3 Å². The summed E-state index contributed by atoms with van der Waals surface area (Å²) >= 11 is 0. The molecular weight excluding hydrogens is 270 g/mol. The summed E-state index contributed by atoms with van der Waals surface area (Å²) in [7, 11) is 0. The lowest BCUT2D eigenvalue weighted by Gasteiger charge is -2.24. The Kier molecular flexibility index (Phi) is 5.01. The van der Waals surface area contributed by atoms with Gasteiger partial charge in [-0.2, -0.15) is 0 Å². The fraction of sp³-hybridized carbons (Fsp3) is 0.600. The molecule has 21 heavy (non-hydrogen) atoms. The van der Waals surface area contributed by atoms with Crippen molar-refractivity contribution >= 4 is 17.6 Å². The number of rotatable bonds is 3. The zero-order valence-electron chi connectivity index (χ0n) is 12.8. The normalized spacial score (nSPS) is 16.3. The first-order chi connectivity index (χ1) is 9.92. The molecule has 0 aromatic carbocycles. The van der Waals surface area contributed by atoms with Crippen molar-refractivity contribution < 1.29 is 14.3 Å². The lowest BCUT2D eigenvalue weighted by atomic mass is 10.1. The van der Waals surface area contributed by atoms with Gasteiger partial charge in [-0.3, -0.25) is 5.32 Å². The number of hydrogen-bond acceptors (Lipinski definition) is 5. The lowest BCUT2D eigenvalue weighted by Crippen LogP contribution is -2.28. The molecule has 1 aliphatic heterocycles. The van der Waals surface area contributed by atoms with Crippen LogP contribution in [0.15, 0.2) is 18.3 Å². The van der Waals surface area contributed by atoms with Crippen molar-refractivity contribution in [2.75, 3.05) is 23.8 Å². The summed E-state index contributed by atoms with van der Waals surface area (Å²) < 4.78 is 10.5. The van der Waals surface area contributed by atoms with Crippen LogP contribution in [0.5, 0.6) is 0 Å². The molecule has 6 heteroatoms. The highest BCUT2D eigenvalue weighted by molar-refractivity contribution is 5.83. The Morgan fingerprint density at radius 2 is 2.05 bits per heavy atom. The number of aromatic nitrogens is 1. The molecule has 6 nitrogen and oxygen atoms in total. The summed E-state index contributed by atoms with van der Waals surface area (Å²) in [6.07, 6.45) is 3.21. The Morgan fingerprint density at radius 1 is 1.33 bits per heavy atom. The average molecular weight is 293 g/mol. The monoisotopic (exact) mass is 293 g/mol. The maximum absolute atomic E-state index is 11.6. The van der Waals surface area contributed by atoms with Gasteiger partial charge in [0, 0.05) is 19.3 Å². The van der Waals surface area contributed by atoms with E-state index in [1.807, 2.05) is 26.8 Å². The molecule has 2 rings (SSSR count). The van der Waals surface area contributed by atoms with E-state index in [1.165, 1.54) is 0 Å². The predicted octanol–water partition coefficient (Wildman–Crippen LogP) is 3.02. The zero-order chi connectivity index (χ0) is 15.3. The van der Waals surface area contributed by atoms with Crippen molar-refractivity contribution in [3.63, 3.8) is 0 Å². The molecule has 0 radical (unpaired) electrons. The third kappa shape index (κ3) is 5.59. The van der Waals surface area contributed by atoms with Crippen molar-refractivity contribution in [1.29, 1.82) is 0 Å². The first kappa shape index (κ1) is 15.6. The van der Waals surface area contributed by atoms with Crippen molar-refractivity contribution in [2.24, 2.45) is 0 Å². The number of nitrogens with one attached hydrogen (secondary N) is 2. The van der Waals surface area contributed by atoms with E-state index in [2.05, 4.69) is 15.6 Å². The van der Waals surface area contributed by atoms with E-state index in [1.54, 1.807) is 12.3 Å². The summed E-state index contributed by atoms with van der Waals surface area (Å²) in [6, 6.07) is 4.08. The van der Waals surface area contributed by atoms with Crippen LogP contribution in [0.3, 0.4) is 0 Å². The van der Waals surface area contributed by atoms with Crippen LogP contribution in [-0.2, 0) is 9.47 Å². The second-order valence-electron chi connectivity index (χ2n) is 6.09. The molecule has 1 amide bonds. The Bertz CT molecular complexity index is 462. The van der Waals surface area contributed by atoms with Gasteiger partial charge in [0.15, 0.2) is 0 Å². The average Bonchev–Trinajstić information content (AvgIpc) is 2.40. The van der Waals surface area contributed by atoms with Crippen LogP contribution in [0, 0.1) is 0 Å². The van der Waals surface area contributed by atoms with Gasteiger partial charge in [0.05, 0.1) is 11.9 Å². The van der Waals surface area contributed by atoms with Gasteiger partial charge in [0.1, 0.15) is 11.4 Å². The van der Waals surface area contributed by atoms with Crippen molar-refractivity contribution in [3.05, 3.63) is 18.3 Å². The van der Waals surface area contributed by atoms with Gasteiger partial charge in [-0.15, -0.1) is 0 Å². The van der Waals surface area contributed by atoms with E-state index in [9.17, 15) is 4.79 Å². The first-order valence-corrected chi connectivity index (χ1v) is 7.23. The van der Waals surface area contributed by atoms with Crippen molar-refractivity contribution in [3.8, 4) is 0 Å². The van der Waals surface area contributed by atoms with Crippen LogP contribution in [-0.4, -0.2) is 35.9 Å². The lowest BCUT2D eigenvalue weighted by molar-refractivity contribution is 0.0635. The minimum absolute atomic E-state index is 0.421. The number of amides is 1. The molecule has 1 fully saturated rings. The van der Waals surface area contributed by atoms with E-state index in [0.717, 1.165) is 31.7 Å². The minimum Gasteiger partial charge on any atom is -0.444 e. The second kappa shape index (κ2) is 6.76. The number of carbonyl (C=O) groups excluding carboxylic acids is 1. The van der Waals surface area contributed by atoms with Gasteiger partial charge in [-0.1, -0.05) is 0 Å². The molecule has 1 aromatic heterocycles. The standard InChI is InChI=1S/C15H23N3O3/c1-15(2,3)21-14(19)18-13-5-4-12(10-16-13)17-11-6-8-20-9-7-11/h4-5,10-11,17H,6-9H2,1-3H3,(H,16,18,19). The van der Waals surface area contributed by atoms with Crippen LogP contribution in [0.2, 0.25) is 0 Å². The molecule has 2 heterocycles. The number of hydrogen-bond donors (Lipinski definition) is 2. The molecule has 0 aliphatic carbocycles. The second-order valence-corrected chi connectivity index (χ2v) is 6.09. The summed E-state index contributed by atoms with van der Waals surface area (Å²) in [5.74, 6) is 0.474. The van der Waals surface area contributed by atoms with Gasteiger partial charge in [-0.25, -0.2) is 9.78 Å². The van der Waals surface area contributed by atoms with E-state index >= 15 is 0 Å². The Morgan fingerprint density at radius 3 is 2.62 bits per heavy atom. The highest BCUT2D eigenvalue weighted by atomic mass is 16.6. The molecule has 0 atom stereocenters. The molecule has 0 bridgehead atoms. The van der Waals surface area contributed by atoms with Crippen LogP contribution in [0.1, 0.15) is 33.6 Å². The van der Waals surface area contributed by atoms with E-state index < -0.39 is 11.7 Å². The molecule has 116 valence electrons. The molecule has 1 aromatic rings. The number of anilines is 2. The van der Waals surface area contributed by atoms with Crippen molar-refractivity contribution in [1.82, 2.24) is 4.98 Å². The van der Waals surface area contributed by atoms with Crippen molar-refractivity contribution in [2.45, 2.75) is 45.3 Å². The van der Waals surface area contributed by atoms with Gasteiger partial charge in [-0.05, 0) is 45.7 Å². The Balaban J connectivity index is 1.85. The predicted molar refractivity (Wildman–Crippen MR) is 81.6 cm³/mol. The topological polar surface area (TPSA) is 72.5 Å². The van der Waals surface area contributed by atoms with Crippen LogP contribution in [0.25, 0.3) is 0 Å². The zero-order valence-corrected chi connectivity index (χ0v) is 12.8. The van der Waals surface area contributed by atoms with E-state index in [0.29, 0.717) is 11.9 Å². The number of pyridine rings is 1. The maximum atomic E-state index is 11.6. The summed E-state index contributed by atoms with van der Waals surface area (Å²) in [6.45, 7) is 7.05. The summed E-state index contributed by atoms with van der Waals surface area (Å²) in [4.78, 5) is 15.8. The minimum atomic E-state index is -0.519. The smallest absolute Gasteiger partial charge is 0.413 e. The number of carbonyl (C=O) groups is 1. The molecular formula is C15H23N3O3. The molecule has 0 spiro atoms. The van der Waals surface area contributed by atoms with Gasteiger partial charge >= 0.3 is 6.09 Å². The van der Waals surface area contributed by atoms with Gasteiger partial charge in [0.2, 0.25) is 0 Å². The third-order valence-corrected chi connectivity index (χ3v) is 2.98. The van der Waals surface area contributed by atoms with Crippen LogP contribution >= 0.6 is 0 Å². The van der Waals surface area contributed by atoms with Gasteiger partial charge in [0.25, 0.3) is 0 Å². The molecule has 1 aliphatic rings. The highest BCUT2D eigenvalue weighted by Crippen LogP contribution is 2.16. The molecule has 0 unspecified atom stereocenters. The summed E-state index contributed by atoms with van der Waals surface area (Å²) in [5, 5.41) is 6.02. The number of nitrogens with zero attached hydrogens (tertiary/aromatic N) is 1. The summed E-state index contributed by atoms with van der Waals surface area (Å²) in [5.41, 5.74) is 0.422. The number of ether oxygens (including phenoxy) is 2. The fourth-order valence-corrected chi connectivity index (χ4v) is 2.04. The van der Waals surface area contributed by atoms with E-state index in [-0.39, 0.29) is 0 Å². The van der Waals surface area contributed by atoms with Crippen LogP contribution < -0.4 is 10.6 Å². The molecule has 0 saturated carbocycles. The Hall–Kier alpha value is -1.82. The highest BCUT2D eigenvalue weighted by Gasteiger charge is 2.17. The first-order valence-electron chi connectivity index (χ1n) is 7.23. The Labute approximate surface area is 125 Å². The SMILES string of the molecule is CC(C)(C)OC(=O)Nc1ccc(NC2CCOCC2)cn1. The fourth-order valence-electron chi connectivity index (χ4n) is 2.04. The van der Waals surface area contributed by atoms with E-state index in [4.69, 9.17) is 9.47 Å². The maximum Gasteiger partial charge on any atom is 0.413 e. The largest absolute Gasteiger partial charge is 0.444 e. The third-order valence-electron chi connectivity index (χ3n) is 2.98. The quantitative estimate of drug-likeness (QED) is 0.896. The molecule has 2 N–H and O–H groups in total.